The van der Waals surface area contributed by atoms with Crippen LogP contribution in [-0.2, 0) is 25.3 Å². The van der Waals surface area contributed by atoms with Crippen molar-refractivity contribution in [3.8, 4) is 5.75 Å². The molecule has 2 heterocycles. The Bertz CT molecular complexity index is 1080. The number of carbonyl (C=O) groups is 3. The van der Waals surface area contributed by atoms with Crippen molar-refractivity contribution in [2.24, 2.45) is 0 Å². The van der Waals surface area contributed by atoms with Gasteiger partial charge in [-0.25, -0.2) is 0 Å². The van der Waals surface area contributed by atoms with Crippen molar-refractivity contribution in [3.63, 3.8) is 0 Å². The third kappa shape index (κ3) is 5.08. The maximum Gasteiger partial charge on any atom is 0.418 e. The summed E-state index contributed by atoms with van der Waals surface area (Å²) in [6.07, 6.45) is -4.30. The largest absolute Gasteiger partial charge is 0.482 e. The van der Waals surface area contributed by atoms with Gasteiger partial charge < -0.3 is 20.1 Å². The number of nitrogens with one attached hydrogen (secondary N) is 2. The summed E-state index contributed by atoms with van der Waals surface area (Å²) < 4.78 is 51.5. The molecule has 2 aliphatic rings. The second-order valence-electron chi connectivity index (χ2n) is 7.53. The minimum Gasteiger partial charge on any atom is -0.482 e. The number of nitrogens with zero attached hydrogens (tertiary/aromatic N) is 1. The maximum atomic E-state index is 13.7. The smallest absolute Gasteiger partial charge is 0.418 e. The van der Waals surface area contributed by atoms with Gasteiger partial charge in [-0.15, -0.1) is 0 Å². The van der Waals surface area contributed by atoms with Gasteiger partial charge in [0.2, 0.25) is 5.91 Å². The number of rotatable bonds is 5. The van der Waals surface area contributed by atoms with Gasteiger partial charge in [0.05, 0.1) is 16.9 Å². The third-order valence-corrected chi connectivity index (χ3v) is 5.20. The van der Waals surface area contributed by atoms with Gasteiger partial charge in [0.15, 0.2) is 6.61 Å². The molecule has 1 unspecified atom stereocenters. The summed E-state index contributed by atoms with van der Waals surface area (Å²) in [4.78, 5) is 38.1. The van der Waals surface area contributed by atoms with Gasteiger partial charge in [-0.3, -0.25) is 19.3 Å². The van der Waals surface area contributed by atoms with E-state index in [1.807, 2.05) is 0 Å². The third-order valence-electron chi connectivity index (χ3n) is 5.20. The highest BCUT2D eigenvalue weighted by Gasteiger charge is 2.35. The molecule has 0 aromatic heterocycles. The van der Waals surface area contributed by atoms with Gasteiger partial charge in [0, 0.05) is 12.3 Å². The molecule has 1 saturated heterocycles. The number of alkyl halides is 3. The van der Waals surface area contributed by atoms with Crippen LogP contribution in [0.5, 0.6) is 5.75 Å². The van der Waals surface area contributed by atoms with Gasteiger partial charge in [-0.2, -0.15) is 13.2 Å². The Labute approximate surface area is 186 Å². The van der Waals surface area contributed by atoms with Gasteiger partial charge in [0.25, 0.3) is 11.8 Å². The Morgan fingerprint density at radius 2 is 1.91 bits per heavy atom. The Morgan fingerprint density at radius 1 is 1.12 bits per heavy atom. The van der Waals surface area contributed by atoms with Crippen molar-refractivity contribution in [1.29, 1.82) is 0 Å². The number of hydrogen-bond acceptors (Lipinski definition) is 5. The molecule has 174 valence electrons. The molecule has 8 nitrogen and oxygen atoms in total. The SMILES string of the molecule is O=C(CN1C(=O)COc2ccccc21)Nc1ccc(NC(=O)C2CCCO2)cc1C(F)(F)F. The number of carbonyl (C=O) groups excluding carboxylic acids is 3. The first-order valence-electron chi connectivity index (χ1n) is 10.2. The summed E-state index contributed by atoms with van der Waals surface area (Å²) in [6.45, 7) is -0.349. The first-order chi connectivity index (χ1) is 15.7. The zero-order valence-corrected chi connectivity index (χ0v) is 17.3. The molecule has 33 heavy (non-hydrogen) atoms. The molecule has 4 rings (SSSR count). The van der Waals surface area contributed by atoms with E-state index in [0.29, 0.717) is 30.9 Å². The number of hydrogen-bond donors (Lipinski definition) is 2. The van der Waals surface area contributed by atoms with Crippen LogP contribution in [0, 0.1) is 0 Å². The van der Waals surface area contributed by atoms with E-state index in [-0.39, 0.29) is 12.3 Å². The van der Waals surface area contributed by atoms with Gasteiger partial charge in [-0.05, 0) is 43.2 Å². The van der Waals surface area contributed by atoms with Crippen molar-refractivity contribution in [2.45, 2.75) is 25.1 Å². The van der Waals surface area contributed by atoms with Crippen LogP contribution >= 0.6 is 0 Å². The van der Waals surface area contributed by atoms with Crippen molar-refractivity contribution >= 4 is 34.8 Å². The second-order valence-corrected chi connectivity index (χ2v) is 7.53. The van der Waals surface area contributed by atoms with Gasteiger partial charge in [-0.1, -0.05) is 12.1 Å². The number of anilines is 3. The number of amides is 3. The van der Waals surface area contributed by atoms with E-state index < -0.39 is 47.8 Å². The molecule has 0 radical (unpaired) electrons. The monoisotopic (exact) mass is 463 g/mol. The summed E-state index contributed by atoms with van der Waals surface area (Å²) in [6, 6.07) is 9.61. The van der Waals surface area contributed by atoms with Crippen molar-refractivity contribution in [1.82, 2.24) is 0 Å². The molecule has 3 amide bonds. The van der Waals surface area contributed by atoms with Crippen LogP contribution in [0.15, 0.2) is 42.5 Å². The van der Waals surface area contributed by atoms with E-state index in [9.17, 15) is 27.6 Å². The number of para-hydroxylation sites is 2. The average molecular weight is 463 g/mol. The maximum absolute atomic E-state index is 13.7. The number of halogens is 3. The molecule has 2 aliphatic heterocycles. The average Bonchev–Trinajstić information content (AvgIpc) is 3.31. The number of fused-ring (bicyclic) bond motifs is 1. The Balaban J connectivity index is 1.50. The molecular weight excluding hydrogens is 443 g/mol. The Morgan fingerprint density at radius 3 is 2.64 bits per heavy atom. The normalized spacial score (nSPS) is 17.8. The van der Waals surface area contributed by atoms with E-state index in [1.165, 1.54) is 6.07 Å². The van der Waals surface area contributed by atoms with Crippen LogP contribution in [0.1, 0.15) is 18.4 Å². The van der Waals surface area contributed by atoms with E-state index in [0.717, 1.165) is 17.0 Å². The molecule has 0 spiro atoms. The van der Waals surface area contributed by atoms with Crippen molar-refractivity contribution in [2.75, 3.05) is 35.3 Å². The van der Waals surface area contributed by atoms with Gasteiger partial charge in [0.1, 0.15) is 18.4 Å². The lowest BCUT2D eigenvalue weighted by molar-refractivity contribution is -0.137. The highest BCUT2D eigenvalue weighted by Crippen LogP contribution is 2.37. The second kappa shape index (κ2) is 9.10. The highest BCUT2D eigenvalue weighted by atomic mass is 19.4. The fourth-order valence-corrected chi connectivity index (χ4v) is 3.63. The van der Waals surface area contributed by atoms with E-state index in [1.54, 1.807) is 24.3 Å². The topological polar surface area (TPSA) is 97.0 Å². The molecule has 2 aromatic carbocycles. The molecule has 1 fully saturated rings. The highest BCUT2D eigenvalue weighted by molar-refractivity contribution is 6.05. The van der Waals surface area contributed by atoms with Crippen LogP contribution < -0.4 is 20.3 Å². The molecule has 2 N–H and O–H groups in total. The summed E-state index contributed by atoms with van der Waals surface area (Å²) in [7, 11) is 0. The summed E-state index contributed by atoms with van der Waals surface area (Å²) in [5.41, 5.74) is -1.34. The molecule has 2 aromatic rings. The van der Waals surface area contributed by atoms with E-state index in [4.69, 9.17) is 9.47 Å². The minimum absolute atomic E-state index is 0.0712. The standard InChI is InChI=1S/C22H20F3N3O5/c23-22(24,25)14-10-13(26-21(31)18-6-3-9-32-18)7-8-15(14)27-19(29)11-28-16-4-1-2-5-17(16)33-12-20(28)30/h1-2,4-5,7-8,10,18H,3,6,9,11-12H2,(H,26,31)(H,27,29). The molecule has 0 bridgehead atoms. The van der Waals surface area contributed by atoms with Crippen LogP contribution in [0.2, 0.25) is 0 Å². The van der Waals surface area contributed by atoms with Crippen molar-refractivity contribution in [3.05, 3.63) is 48.0 Å². The Hall–Kier alpha value is -3.60. The van der Waals surface area contributed by atoms with Crippen LogP contribution in [0.3, 0.4) is 0 Å². The zero-order valence-electron chi connectivity index (χ0n) is 17.3. The predicted molar refractivity (Wildman–Crippen MR) is 112 cm³/mol. The molecule has 0 saturated carbocycles. The van der Waals surface area contributed by atoms with Crippen LogP contribution in [-0.4, -0.2) is 43.6 Å². The Kier molecular flexibility index (Phi) is 6.23. The van der Waals surface area contributed by atoms with E-state index >= 15 is 0 Å². The fraction of sp³-hybridized carbons (Fsp3) is 0.318. The minimum atomic E-state index is -4.80. The summed E-state index contributed by atoms with van der Waals surface area (Å²) >= 11 is 0. The number of benzene rings is 2. The van der Waals surface area contributed by atoms with Crippen molar-refractivity contribution < 1.29 is 37.0 Å². The molecular formula is C22H20F3N3O5. The zero-order chi connectivity index (χ0) is 23.6. The number of ether oxygens (including phenoxy) is 2. The molecule has 11 heteroatoms. The van der Waals surface area contributed by atoms with Gasteiger partial charge >= 0.3 is 6.18 Å². The lowest BCUT2D eigenvalue weighted by Gasteiger charge is -2.28. The van der Waals surface area contributed by atoms with Crippen LogP contribution in [0.4, 0.5) is 30.2 Å². The van der Waals surface area contributed by atoms with Crippen LogP contribution in [0.25, 0.3) is 0 Å². The first-order valence-corrected chi connectivity index (χ1v) is 10.2. The predicted octanol–water partition coefficient (Wildman–Crippen LogP) is 3.19. The lowest BCUT2D eigenvalue weighted by atomic mass is 10.1. The van der Waals surface area contributed by atoms with E-state index in [2.05, 4.69) is 10.6 Å². The quantitative estimate of drug-likeness (QED) is 0.710. The lowest BCUT2D eigenvalue weighted by Crippen LogP contribution is -2.43. The fourth-order valence-electron chi connectivity index (χ4n) is 3.63. The first kappa shape index (κ1) is 22.6. The summed E-state index contributed by atoms with van der Waals surface area (Å²) in [5, 5.41) is 4.64. The molecule has 1 atom stereocenters. The summed E-state index contributed by atoms with van der Waals surface area (Å²) in [5.74, 6) is -1.44. The molecule has 0 aliphatic carbocycles.